The van der Waals surface area contributed by atoms with Gasteiger partial charge in [0.05, 0.1) is 17.8 Å². The van der Waals surface area contributed by atoms with Gasteiger partial charge in [-0.15, -0.1) is 0 Å². The van der Waals surface area contributed by atoms with Crippen LogP contribution in [0.15, 0.2) is 97.1 Å². The number of fused-ring (bicyclic) bond motifs is 1. The first-order chi connectivity index (χ1) is 18.2. The number of hydrogen-bond acceptors (Lipinski definition) is 4. The van der Waals surface area contributed by atoms with Gasteiger partial charge in [-0.3, -0.25) is 4.79 Å². The summed E-state index contributed by atoms with van der Waals surface area (Å²) in [6.07, 6.45) is 0. The third-order valence-electron chi connectivity index (χ3n) is 5.73. The van der Waals surface area contributed by atoms with E-state index in [0.717, 1.165) is 22.4 Å². The Labute approximate surface area is 221 Å². The van der Waals surface area contributed by atoms with Crippen LogP contribution >= 0.6 is 0 Å². The average molecular weight is 513 g/mol. The van der Waals surface area contributed by atoms with E-state index in [-0.39, 0.29) is 23.8 Å². The number of aromatic nitrogens is 1. The van der Waals surface area contributed by atoms with Gasteiger partial charge < -0.3 is 10.8 Å². The van der Waals surface area contributed by atoms with Crippen molar-refractivity contribution in [2.24, 2.45) is 0 Å². The van der Waals surface area contributed by atoms with E-state index in [1.807, 2.05) is 68.4 Å². The Morgan fingerprint density at radius 1 is 0.816 bits per heavy atom. The molecule has 6 heteroatoms. The molecule has 194 valence electrons. The molecular formula is C32H30F2N2O2. The summed E-state index contributed by atoms with van der Waals surface area (Å²) in [5, 5.41) is 9.14. The van der Waals surface area contributed by atoms with Crippen LogP contribution in [0, 0.1) is 25.5 Å². The number of benzene rings is 4. The molecule has 0 unspecified atom stereocenters. The first kappa shape index (κ1) is 28.2. The van der Waals surface area contributed by atoms with Gasteiger partial charge in [-0.1, -0.05) is 59.7 Å². The Morgan fingerprint density at radius 3 is 2.03 bits per heavy atom. The molecule has 0 radical (unpaired) electrons. The van der Waals surface area contributed by atoms with E-state index >= 15 is 0 Å². The van der Waals surface area contributed by atoms with E-state index < -0.39 is 5.82 Å². The molecule has 0 spiro atoms. The first-order valence-electron chi connectivity index (χ1n) is 12.0. The van der Waals surface area contributed by atoms with Crippen LogP contribution < -0.4 is 5.73 Å². The van der Waals surface area contributed by atoms with Gasteiger partial charge >= 0.3 is 0 Å². The summed E-state index contributed by atoms with van der Waals surface area (Å²) in [6, 6.07) is 28.7. The predicted molar refractivity (Wildman–Crippen MR) is 150 cm³/mol. The van der Waals surface area contributed by atoms with Crippen LogP contribution in [-0.2, 0) is 6.61 Å². The van der Waals surface area contributed by atoms with Gasteiger partial charge in [0.25, 0.3) is 0 Å². The van der Waals surface area contributed by atoms with Crippen LogP contribution in [0.5, 0.6) is 0 Å². The number of carbonyl (C=O) groups excluding carboxylic acids is 1. The Balaban J connectivity index is 0.000000171. The largest absolute Gasteiger partial charge is 0.398 e. The molecule has 0 atom stereocenters. The highest BCUT2D eigenvalue weighted by Crippen LogP contribution is 2.23. The fourth-order valence-corrected chi connectivity index (χ4v) is 3.69. The van der Waals surface area contributed by atoms with E-state index in [9.17, 15) is 13.6 Å². The highest BCUT2D eigenvalue weighted by atomic mass is 19.1. The van der Waals surface area contributed by atoms with Gasteiger partial charge in [0, 0.05) is 27.8 Å². The number of ketones is 1. The minimum Gasteiger partial charge on any atom is -0.398 e. The molecule has 38 heavy (non-hydrogen) atoms. The lowest BCUT2D eigenvalue weighted by molar-refractivity contribution is 0.101. The summed E-state index contributed by atoms with van der Waals surface area (Å²) in [4.78, 5) is 15.3. The maximum Gasteiger partial charge on any atom is 0.159 e. The van der Waals surface area contributed by atoms with Crippen molar-refractivity contribution >= 4 is 22.4 Å². The highest BCUT2D eigenvalue weighted by molar-refractivity contribution is 5.94. The first-order valence-corrected chi connectivity index (χ1v) is 12.0. The molecule has 1 aromatic heterocycles. The van der Waals surface area contributed by atoms with Crippen molar-refractivity contribution in [2.45, 2.75) is 27.4 Å². The number of aliphatic hydroxyl groups is 1. The second kappa shape index (κ2) is 13.2. The maximum atomic E-state index is 13.5. The second-order valence-electron chi connectivity index (χ2n) is 8.76. The zero-order valence-corrected chi connectivity index (χ0v) is 21.6. The summed E-state index contributed by atoms with van der Waals surface area (Å²) >= 11 is 0. The SMILES string of the molecule is CC(=O)c1cccc(C)c1.Cc1cccc(-c2ccc3c(F)cccc3n2)c1.Nc1cccc(F)c1CO. The van der Waals surface area contributed by atoms with Crippen molar-refractivity contribution in [1.29, 1.82) is 0 Å². The second-order valence-corrected chi connectivity index (χ2v) is 8.76. The topological polar surface area (TPSA) is 76.2 Å². The number of carbonyl (C=O) groups is 1. The Morgan fingerprint density at radius 2 is 1.45 bits per heavy atom. The zero-order chi connectivity index (χ0) is 27.7. The quantitative estimate of drug-likeness (QED) is 0.194. The van der Waals surface area contributed by atoms with Crippen molar-refractivity contribution in [3.8, 4) is 11.3 Å². The van der Waals surface area contributed by atoms with Crippen LogP contribution in [0.4, 0.5) is 14.5 Å². The Bertz CT molecular complexity index is 1530. The van der Waals surface area contributed by atoms with E-state index in [1.165, 1.54) is 23.8 Å². The molecule has 0 saturated carbocycles. The van der Waals surface area contributed by atoms with Gasteiger partial charge in [0.1, 0.15) is 11.6 Å². The summed E-state index contributed by atoms with van der Waals surface area (Å²) in [5.74, 6) is -0.554. The molecule has 0 saturated heterocycles. The smallest absolute Gasteiger partial charge is 0.159 e. The number of nitrogen functional groups attached to an aromatic ring is 1. The number of aliphatic hydroxyl groups excluding tert-OH is 1. The number of pyridine rings is 1. The molecule has 0 aliphatic heterocycles. The number of nitrogens with zero attached hydrogens (tertiary/aromatic N) is 1. The lowest BCUT2D eigenvalue weighted by atomic mass is 10.1. The molecule has 5 aromatic rings. The standard InChI is InChI=1S/C16H12FN.C9H10O.C7H8FNO/c1-11-4-2-5-12(10-11)15-9-8-13-14(17)6-3-7-16(13)18-15;1-7-4-3-5-9(6-7)8(2)10;8-6-2-1-3-7(9)5(6)4-10/h2-10H,1H3;3-6H,1-2H3;1-3,10H,4,9H2. The van der Waals surface area contributed by atoms with E-state index in [2.05, 4.69) is 11.1 Å². The molecule has 3 N–H and O–H groups in total. The van der Waals surface area contributed by atoms with Crippen LogP contribution in [0.25, 0.3) is 22.2 Å². The molecule has 0 aliphatic rings. The molecule has 4 aromatic carbocycles. The number of nitrogens with two attached hydrogens (primary N) is 1. The summed E-state index contributed by atoms with van der Waals surface area (Å²) in [6.45, 7) is 5.25. The number of halogens is 2. The van der Waals surface area contributed by atoms with Crippen molar-refractivity contribution in [1.82, 2.24) is 4.98 Å². The van der Waals surface area contributed by atoms with Crippen molar-refractivity contribution < 1.29 is 18.7 Å². The maximum absolute atomic E-state index is 13.5. The third-order valence-corrected chi connectivity index (χ3v) is 5.73. The molecule has 4 nitrogen and oxygen atoms in total. The zero-order valence-electron chi connectivity index (χ0n) is 21.6. The van der Waals surface area contributed by atoms with Crippen LogP contribution in [-0.4, -0.2) is 15.9 Å². The van der Waals surface area contributed by atoms with Crippen LogP contribution in [0.1, 0.15) is 34.0 Å². The van der Waals surface area contributed by atoms with E-state index in [0.29, 0.717) is 16.6 Å². The van der Waals surface area contributed by atoms with E-state index in [1.54, 1.807) is 25.1 Å². The fourth-order valence-electron chi connectivity index (χ4n) is 3.69. The molecule has 1 heterocycles. The average Bonchev–Trinajstić information content (AvgIpc) is 2.90. The highest BCUT2D eigenvalue weighted by Gasteiger charge is 2.05. The minimum atomic E-state index is -0.456. The molecule has 0 fully saturated rings. The lowest BCUT2D eigenvalue weighted by Crippen LogP contribution is -1.96. The number of rotatable bonds is 3. The number of aryl methyl sites for hydroxylation is 2. The summed E-state index contributed by atoms with van der Waals surface area (Å²) < 4.78 is 26.2. The lowest BCUT2D eigenvalue weighted by Gasteiger charge is -2.04. The number of Topliss-reactive ketones (excluding diaryl/α,β-unsaturated/α-hetero) is 1. The minimum absolute atomic E-state index is 0.128. The Hall–Kier alpha value is -4.42. The fraction of sp³-hybridized carbons (Fsp3) is 0.125. The van der Waals surface area contributed by atoms with Gasteiger partial charge in [0.2, 0.25) is 0 Å². The normalized spacial score (nSPS) is 10.2. The van der Waals surface area contributed by atoms with Crippen molar-refractivity contribution in [2.75, 3.05) is 5.73 Å². The molecular weight excluding hydrogens is 482 g/mol. The number of hydrogen-bond donors (Lipinski definition) is 2. The van der Waals surface area contributed by atoms with Crippen molar-refractivity contribution in [3.05, 3.63) is 131 Å². The van der Waals surface area contributed by atoms with Crippen molar-refractivity contribution in [3.63, 3.8) is 0 Å². The molecule has 0 bridgehead atoms. The van der Waals surface area contributed by atoms with Crippen LogP contribution in [0.2, 0.25) is 0 Å². The van der Waals surface area contributed by atoms with Crippen LogP contribution in [0.3, 0.4) is 0 Å². The van der Waals surface area contributed by atoms with E-state index in [4.69, 9.17) is 10.8 Å². The van der Waals surface area contributed by atoms with Gasteiger partial charge in [-0.05, 0) is 69.3 Å². The molecule has 0 amide bonds. The Kier molecular flexibility index (Phi) is 9.79. The third kappa shape index (κ3) is 7.54. The van der Waals surface area contributed by atoms with Gasteiger partial charge in [-0.25, -0.2) is 13.8 Å². The molecule has 0 aliphatic carbocycles. The van der Waals surface area contributed by atoms with Gasteiger partial charge in [-0.2, -0.15) is 0 Å². The van der Waals surface area contributed by atoms with Gasteiger partial charge in [0.15, 0.2) is 5.78 Å². The number of anilines is 1. The monoisotopic (exact) mass is 512 g/mol. The summed E-state index contributed by atoms with van der Waals surface area (Å²) in [7, 11) is 0. The summed E-state index contributed by atoms with van der Waals surface area (Å²) in [5.41, 5.74) is 11.5. The predicted octanol–water partition coefficient (Wildman–Crippen LogP) is 7.45. The molecule has 5 rings (SSSR count).